The minimum absolute atomic E-state index is 0.197. The van der Waals surface area contributed by atoms with Gasteiger partial charge in [-0.3, -0.25) is 4.79 Å². The smallest absolute Gasteiger partial charge is 0.251 e. The lowest BCUT2D eigenvalue weighted by molar-refractivity contribution is 0.0913. The first-order valence-electron chi connectivity index (χ1n) is 5.37. The molecule has 0 saturated carbocycles. The predicted octanol–water partition coefficient (Wildman–Crippen LogP) is 1.08. The third-order valence-corrected chi connectivity index (χ3v) is 2.59. The molecular formula is C12H18N2O2. The summed E-state index contributed by atoms with van der Waals surface area (Å²) in [4.78, 5) is 11.8. The lowest BCUT2D eigenvalue weighted by atomic mass is 10.1. The van der Waals surface area contributed by atoms with E-state index < -0.39 is 6.10 Å². The molecule has 0 radical (unpaired) electrons. The fourth-order valence-electron chi connectivity index (χ4n) is 1.35. The van der Waals surface area contributed by atoms with Crippen LogP contribution in [0.2, 0.25) is 0 Å². The first kappa shape index (κ1) is 12.5. The highest BCUT2D eigenvalue weighted by Crippen LogP contribution is 2.15. The Bertz CT molecular complexity index is 377. The van der Waals surface area contributed by atoms with Crippen LogP contribution in [0.5, 0.6) is 0 Å². The number of benzene rings is 1. The van der Waals surface area contributed by atoms with Gasteiger partial charge >= 0.3 is 0 Å². The van der Waals surface area contributed by atoms with E-state index in [1.165, 1.54) is 0 Å². The first-order valence-corrected chi connectivity index (χ1v) is 5.37. The van der Waals surface area contributed by atoms with Crippen LogP contribution in [0.1, 0.15) is 29.3 Å². The standard InChI is InChI=1S/C12H18N2O2/c1-3-9(15)7-14-12(16)10-5-4-6-11(13)8(10)2/h4-6,9,15H,3,7,13H2,1-2H3,(H,14,16). The van der Waals surface area contributed by atoms with Gasteiger partial charge in [0.15, 0.2) is 0 Å². The van der Waals surface area contributed by atoms with E-state index >= 15 is 0 Å². The lowest BCUT2D eigenvalue weighted by Crippen LogP contribution is -2.32. The molecule has 1 unspecified atom stereocenters. The number of carbonyl (C=O) groups excluding carboxylic acids is 1. The lowest BCUT2D eigenvalue weighted by Gasteiger charge is -2.11. The first-order chi connectivity index (χ1) is 7.56. The Morgan fingerprint density at radius 3 is 2.88 bits per heavy atom. The zero-order valence-corrected chi connectivity index (χ0v) is 9.66. The van der Waals surface area contributed by atoms with Gasteiger partial charge in [0.25, 0.3) is 5.91 Å². The highest BCUT2D eigenvalue weighted by atomic mass is 16.3. The molecule has 0 heterocycles. The number of nitrogens with two attached hydrogens (primary N) is 1. The molecule has 88 valence electrons. The summed E-state index contributed by atoms with van der Waals surface area (Å²) in [6, 6.07) is 5.22. The largest absolute Gasteiger partial charge is 0.398 e. The SMILES string of the molecule is CCC(O)CNC(=O)c1cccc(N)c1C. The number of anilines is 1. The van der Waals surface area contributed by atoms with Crippen molar-refractivity contribution in [3.05, 3.63) is 29.3 Å². The Labute approximate surface area is 95.5 Å². The summed E-state index contributed by atoms with van der Waals surface area (Å²) in [5.74, 6) is -0.197. The molecule has 0 aliphatic carbocycles. The van der Waals surface area contributed by atoms with Gasteiger partial charge in [0.2, 0.25) is 0 Å². The van der Waals surface area contributed by atoms with Gasteiger partial charge in [-0.25, -0.2) is 0 Å². The summed E-state index contributed by atoms with van der Waals surface area (Å²) >= 11 is 0. The van der Waals surface area contributed by atoms with Crippen molar-refractivity contribution in [1.29, 1.82) is 0 Å². The second-order valence-electron chi connectivity index (χ2n) is 3.79. The number of aliphatic hydroxyl groups is 1. The Hall–Kier alpha value is -1.55. The van der Waals surface area contributed by atoms with Crippen LogP contribution in [0.3, 0.4) is 0 Å². The van der Waals surface area contributed by atoms with Gasteiger partial charge in [-0.2, -0.15) is 0 Å². The number of nitrogens with one attached hydrogen (secondary N) is 1. The van der Waals surface area contributed by atoms with Gasteiger partial charge in [-0.05, 0) is 31.0 Å². The van der Waals surface area contributed by atoms with E-state index in [0.29, 0.717) is 17.7 Å². The Kier molecular flexibility index (Phi) is 4.31. The third-order valence-electron chi connectivity index (χ3n) is 2.59. The molecule has 0 saturated heterocycles. The van der Waals surface area contributed by atoms with E-state index in [-0.39, 0.29) is 12.5 Å². The van der Waals surface area contributed by atoms with Crippen molar-refractivity contribution < 1.29 is 9.90 Å². The third kappa shape index (κ3) is 2.97. The molecule has 0 aromatic heterocycles. The summed E-state index contributed by atoms with van der Waals surface area (Å²) in [6.45, 7) is 3.94. The van der Waals surface area contributed by atoms with Crippen LogP contribution in [0.25, 0.3) is 0 Å². The normalized spacial score (nSPS) is 12.2. The second kappa shape index (κ2) is 5.51. The van der Waals surface area contributed by atoms with Gasteiger partial charge in [0.1, 0.15) is 0 Å². The maximum atomic E-state index is 11.8. The van der Waals surface area contributed by atoms with E-state index in [1.54, 1.807) is 25.1 Å². The van der Waals surface area contributed by atoms with Gasteiger partial charge < -0.3 is 16.2 Å². The number of nitrogen functional groups attached to an aromatic ring is 1. The van der Waals surface area contributed by atoms with E-state index in [2.05, 4.69) is 5.32 Å². The highest BCUT2D eigenvalue weighted by Gasteiger charge is 2.11. The van der Waals surface area contributed by atoms with Crippen LogP contribution in [0.4, 0.5) is 5.69 Å². The number of amides is 1. The van der Waals surface area contributed by atoms with Gasteiger partial charge in [-0.1, -0.05) is 13.0 Å². The molecule has 4 heteroatoms. The van der Waals surface area contributed by atoms with Gasteiger partial charge in [-0.15, -0.1) is 0 Å². The van der Waals surface area contributed by atoms with Crippen LogP contribution in [0.15, 0.2) is 18.2 Å². The van der Waals surface area contributed by atoms with Crippen molar-refractivity contribution in [2.45, 2.75) is 26.4 Å². The number of hydrogen-bond acceptors (Lipinski definition) is 3. The molecule has 1 rings (SSSR count). The maximum Gasteiger partial charge on any atom is 0.251 e. The quantitative estimate of drug-likeness (QED) is 0.667. The number of rotatable bonds is 4. The van der Waals surface area contributed by atoms with Crippen LogP contribution in [-0.2, 0) is 0 Å². The van der Waals surface area contributed by atoms with Crippen LogP contribution in [0, 0.1) is 6.92 Å². The Balaban J connectivity index is 2.70. The summed E-state index contributed by atoms with van der Waals surface area (Å²) < 4.78 is 0. The molecule has 16 heavy (non-hydrogen) atoms. The molecule has 0 spiro atoms. The zero-order valence-electron chi connectivity index (χ0n) is 9.66. The number of aliphatic hydroxyl groups excluding tert-OH is 1. The average Bonchev–Trinajstić information content (AvgIpc) is 2.29. The van der Waals surface area contributed by atoms with E-state index in [1.807, 2.05) is 6.92 Å². The number of hydrogen-bond donors (Lipinski definition) is 3. The molecule has 0 fully saturated rings. The molecule has 4 N–H and O–H groups in total. The maximum absolute atomic E-state index is 11.8. The average molecular weight is 222 g/mol. The Morgan fingerprint density at radius 1 is 1.56 bits per heavy atom. The van der Waals surface area contributed by atoms with Gasteiger partial charge in [0, 0.05) is 17.8 Å². The van der Waals surface area contributed by atoms with Crippen molar-refractivity contribution >= 4 is 11.6 Å². The molecule has 0 aliphatic rings. The van der Waals surface area contributed by atoms with E-state index in [0.717, 1.165) is 5.56 Å². The topological polar surface area (TPSA) is 75.3 Å². The molecule has 1 aromatic rings. The van der Waals surface area contributed by atoms with Crippen molar-refractivity contribution in [2.24, 2.45) is 0 Å². The highest BCUT2D eigenvalue weighted by molar-refractivity contribution is 5.96. The van der Waals surface area contributed by atoms with Crippen molar-refractivity contribution in [3.63, 3.8) is 0 Å². The fourth-order valence-corrected chi connectivity index (χ4v) is 1.35. The predicted molar refractivity (Wildman–Crippen MR) is 64.2 cm³/mol. The van der Waals surface area contributed by atoms with Crippen LogP contribution < -0.4 is 11.1 Å². The fraction of sp³-hybridized carbons (Fsp3) is 0.417. The molecular weight excluding hydrogens is 204 g/mol. The van der Waals surface area contributed by atoms with Gasteiger partial charge in [0.05, 0.1) is 6.10 Å². The van der Waals surface area contributed by atoms with Crippen molar-refractivity contribution in [2.75, 3.05) is 12.3 Å². The number of carbonyl (C=O) groups is 1. The van der Waals surface area contributed by atoms with E-state index in [4.69, 9.17) is 5.73 Å². The summed E-state index contributed by atoms with van der Waals surface area (Å²) in [5, 5.41) is 12.0. The summed E-state index contributed by atoms with van der Waals surface area (Å²) in [5.41, 5.74) is 7.64. The van der Waals surface area contributed by atoms with Crippen LogP contribution >= 0.6 is 0 Å². The van der Waals surface area contributed by atoms with E-state index in [9.17, 15) is 9.90 Å². The molecule has 1 aromatic carbocycles. The molecule has 1 amide bonds. The van der Waals surface area contributed by atoms with Crippen molar-refractivity contribution in [1.82, 2.24) is 5.32 Å². The second-order valence-corrected chi connectivity index (χ2v) is 3.79. The molecule has 1 atom stereocenters. The van der Waals surface area contributed by atoms with Crippen LogP contribution in [-0.4, -0.2) is 23.7 Å². The molecule has 0 bridgehead atoms. The summed E-state index contributed by atoms with van der Waals surface area (Å²) in [6.07, 6.45) is 0.126. The van der Waals surface area contributed by atoms with Crippen molar-refractivity contribution in [3.8, 4) is 0 Å². The monoisotopic (exact) mass is 222 g/mol. The molecule has 0 aliphatic heterocycles. The Morgan fingerprint density at radius 2 is 2.25 bits per heavy atom. The molecule has 4 nitrogen and oxygen atoms in total. The minimum atomic E-state index is -0.495. The summed E-state index contributed by atoms with van der Waals surface area (Å²) in [7, 11) is 0. The zero-order chi connectivity index (χ0) is 12.1. The minimum Gasteiger partial charge on any atom is -0.398 e.